The van der Waals surface area contributed by atoms with Crippen LogP contribution in [0.4, 0.5) is 5.69 Å². The first-order chi connectivity index (χ1) is 9.61. The summed E-state index contributed by atoms with van der Waals surface area (Å²) in [5.74, 6) is 0.00771. The second-order valence-electron chi connectivity index (χ2n) is 5.64. The largest absolute Gasteiger partial charge is 0.387 e. The van der Waals surface area contributed by atoms with Crippen molar-refractivity contribution >= 4 is 11.6 Å². The standard InChI is InChI=1S/C16H25N3O/c1-12-7-8-14(15(10-12)17-2)16(20)18-11-13-6-4-5-9-19(13)3/h7-8,10,13,17H,4-6,9,11H2,1-3H3,(H,18,20). The molecule has 2 N–H and O–H groups in total. The zero-order valence-corrected chi connectivity index (χ0v) is 12.7. The molecule has 0 radical (unpaired) electrons. The molecule has 4 heteroatoms. The maximum atomic E-state index is 12.3. The molecule has 1 aromatic rings. The van der Waals surface area contributed by atoms with Gasteiger partial charge in [-0.25, -0.2) is 0 Å². The Labute approximate surface area is 121 Å². The lowest BCUT2D eigenvalue weighted by atomic mass is 10.0. The van der Waals surface area contributed by atoms with Crippen molar-refractivity contribution < 1.29 is 4.79 Å². The van der Waals surface area contributed by atoms with Crippen molar-refractivity contribution in [2.45, 2.75) is 32.2 Å². The van der Waals surface area contributed by atoms with Crippen LogP contribution in [0.3, 0.4) is 0 Å². The van der Waals surface area contributed by atoms with Crippen LogP contribution >= 0.6 is 0 Å². The van der Waals surface area contributed by atoms with Crippen molar-refractivity contribution in [2.75, 3.05) is 32.5 Å². The average molecular weight is 275 g/mol. The Hall–Kier alpha value is -1.55. The zero-order chi connectivity index (χ0) is 14.5. The van der Waals surface area contributed by atoms with Gasteiger partial charge in [0.1, 0.15) is 0 Å². The lowest BCUT2D eigenvalue weighted by Gasteiger charge is -2.32. The van der Waals surface area contributed by atoms with Gasteiger partial charge in [-0.2, -0.15) is 0 Å². The number of hydrogen-bond donors (Lipinski definition) is 2. The summed E-state index contributed by atoms with van der Waals surface area (Å²) >= 11 is 0. The van der Waals surface area contributed by atoms with Gasteiger partial charge in [0.25, 0.3) is 5.91 Å². The van der Waals surface area contributed by atoms with Crippen molar-refractivity contribution in [2.24, 2.45) is 0 Å². The molecule has 1 aliphatic rings. The van der Waals surface area contributed by atoms with E-state index in [2.05, 4.69) is 22.6 Å². The van der Waals surface area contributed by atoms with Crippen LogP contribution in [0.2, 0.25) is 0 Å². The van der Waals surface area contributed by atoms with Gasteiger partial charge in [-0.15, -0.1) is 0 Å². The molecule has 0 bridgehead atoms. The number of carbonyl (C=O) groups excluding carboxylic acids is 1. The number of hydrogen-bond acceptors (Lipinski definition) is 3. The second kappa shape index (κ2) is 6.75. The summed E-state index contributed by atoms with van der Waals surface area (Å²) < 4.78 is 0. The monoisotopic (exact) mass is 275 g/mol. The summed E-state index contributed by atoms with van der Waals surface area (Å²) in [7, 11) is 3.99. The van der Waals surface area contributed by atoms with Gasteiger partial charge < -0.3 is 15.5 Å². The minimum atomic E-state index is 0.00771. The number of anilines is 1. The number of likely N-dealkylation sites (N-methyl/N-ethyl adjacent to an activating group) is 1. The molecule has 0 spiro atoms. The third-order valence-electron chi connectivity index (χ3n) is 4.11. The number of piperidine rings is 1. The molecule has 1 fully saturated rings. The molecule has 1 unspecified atom stereocenters. The topological polar surface area (TPSA) is 44.4 Å². The summed E-state index contributed by atoms with van der Waals surface area (Å²) in [6.45, 7) is 3.89. The summed E-state index contributed by atoms with van der Waals surface area (Å²) in [6, 6.07) is 6.33. The van der Waals surface area contributed by atoms with E-state index in [0.29, 0.717) is 6.04 Å². The number of benzene rings is 1. The number of nitrogens with one attached hydrogen (secondary N) is 2. The molecule has 1 amide bonds. The molecular weight excluding hydrogens is 250 g/mol. The fourth-order valence-corrected chi connectivity index (χ4v) is 2.77. The highest BCUT2D eigenvalue weighted by molar-refractivity contribution is 5.99. The van der Waals surface area contributed by atoms with Crippen LogP contribution in [-0.2, 0) is 0 Å². The Morgan fingerprint density at radius 1 is 1.40 bits per heavy atom. The molecule has 1 heterocycles. The van der Waals surface area contributed by atoms with Crippen LogP contribution in [0.25, 0.3) is 0 Å². The predicted octanol–water partition coefficient (Wildman–Crippen LogP) is 2.25. The fraction of sp³-hybridized carbons (Fsp3) is 0.562. The van der Waals surface area contributed by atoms with E-state index in [1.165, 1.54) is 19.3 Å². The van der Waals surface area contributed by atoms with Gasteiger partial charge in [-0.1, -0.05) is 12.5 Å². The summed E-state index contributed by atoms with van der Waals surface area (Å²) in [5, 5.41) is 6.17. The first kappa shape index (κ1) is 14.9. The quantitative estimate of drug-likeness (QED) is 0.886. The SMILES string of the molecule is CNc1cc(C)ccc1C(=O)NCC1CCCCN1C. The van der Waals surface area contributed by atoms with E-state index in [1.807, 2.05) is 32.2 Å². The van der Waals surface area contributed by atoms with Crippen LogP contribution in [0.15, 0.2) is 18.2 Å². The van der Waals surface area contributed by atoms with E-state index in [4.69, 9.17) is 0 Å². The molecule has 2 rings (SSSR count). The number of amides is 1. The molecule has 1 atom stereocenters. The molecule has 1 saturated heterocycles. The molecule has 0 aliphatic carbocycles. The van der Waals surface area contributed by atoms with E-state index >= 15 is 0 Å². The van der Waals surface area contributed by atoms with Crippen molar-refractivity contribution in [1.82, 2.24) is 10.2 Å². The van der Waals surface area contributed by atoms with Crippen molar-refractivity contribution in [3.05, 3.63) is 29.3 Å². The van der Waals surface area contributed by atoms with E-state index in [1.54, 1.807) is 0 Å². The van der Waals surface area contributed by atoms with Crippen LogP contribution in [-0.4, -0.2) is 44.0 Å². The Bertz CT molecular complexity index is 473. The minimum Gasteiger partial charge on any atom is -0.387 e. The summed E-state index contributed by atoms with van der Waals surface area (Å²) in [4.78, 5) is 14.7. The lowest BCUT2D eigenvalue weighted by Crippen LogP contribution is -2.44. The Morgan fingerprint density at radius 3 is 2.90 bits per heavy atom. The van der Waals surface area contributed by atoms with Gasteiger partial charge in [0.2, 0.25) is 0 Å². The first-order valence-corrected chi connectivity index (χ1v) is 7.38. The Balaban J connectivity index is 1.98. The Kier molecular flexibility index (Phi) is 5.01. The van der Waals surface area contributed by atoms with Crippen molar-refractivity contribution in [3.8, 4) is 0 Å². The van der Waals surface area contributed by atoms with Gasteiger partial charge >= 0.3 is 0 Å². The lowest BCUT2D eigenvalue weighted by molar-refractivity contribution is 0.0929. The highest BCUT2D eigenvalue weighted by atomic mass is 16.1. The van der Waals surface area contributed by atoms with Crippen LogP contribution in [0, 0.1) is 6.92 Å². The third kappa shape index (κ3) is 3.51. The average Bonchev–Trinajstić information content (AvgIpc) is 2.46. The second-order valence-corrected chi connectivity index (χ2v) is 5.64. The molecule has 110 valence electrons. The number of likely N-dealkylation sites (tertiary alicyclic amines) is 1. The number of aryl methyl sites for hydroxylation is 1. The third-order valence-corrected chi connectivity index (χ3v) is 4.11. The normalized spacial score (nSPS) is 19.6. The summed E-state index contributed by atoms with van der Waals surface area (Å²) in [6.07, 6.45) is 3.70. The van der Waals surface area contributed by atoms with Crippen LogP contribution in [0.1, 0.15) is 35.2 Å². The van der Waals surface area contributed by atoms with E-state index < -0.39 is 0 Å². The number of rotatable bonds is 4. The van der Waals surface area contributed by atoms with E-state index in [9.17, 15) is 4.79 Å². The highest BCUT2D eigenvalue weighted by Gasteiger charge is 2.20. The Morgan fingerprint density at radius 2 is 2.20 bits per heavy atom. The van der Waals surface area contributed by atoms with Gasteiger partial charge in [0.15, 0.2) is 0 Å². The molecule has 1 aliphatic heterocycles. The van der Waals surface area contributed by atoms with Gasteiger partial charge in [-0.05, 0) is 51.1 Å². The maximum absolute atomic E-state index is 12.3. The molecule has 1 aromatic carbocycles. The van der Waals surface area contributed by atoms with Crippen molar-refractivity contribution in [3.63, 3.8) is 0 Å². The highest BCUT2D eigenvalue weighted by Crippen LogP contribution is 2.18. The first-order valence-electron chi connectivity index (χ1n) is 7.38. The summed E-state index contributed by atoms with van der Waals surface area (Å²) in [5.41, 5.74) is 2.76. The number of carbonyl (C=O) groups is 1. The van der Waals surface area contributed by atoms with E-state index in [0.717, 1.165) is 29.9 Å². The predicted molar refractivity (Wildman–Crippen MR) is 83.3 cm³/mol. The van der Waals surface area contributed by atoms with Crippen LogP contribution in [0.5, 0.6) is 0 Å². The number of nitrogens with zero attached hydrogens (tertiary/aromatic N) is 1. The van der Waals surface area contributed by atoms with Crippen molar-refractivity contribution in [1.29, 1.82) is 0 Å². The minimum absolute atomic E-state index is 0.00771. The molecule has 0 saturated carbocycles. The maximum Gasteiger partial charge on any atom is 0.253 e. The van der Waals surface area contributed by atoms with Gasteiger partial charge in [-0.3, -0.25) is 4.79 Å². The van der Waals surface area contributed by atoms with Gasteiger partial charge in [0.05, 0.1) is 5.56 Å². The fourth-order valence-electron chi connectivity index (χ4n) is 2.77. The van der Waals surface area contributed by atoms with Crippen LogP contribution < -0.4 is 10.6 Å². The molecule has 20 heavy (non-hydrogen) atoms. The smallest absolute Gasteiger partial charge is 0.253 e. The van der Waals surface area contributed by atoms with Gasteiger partial charge in [0, 0.05) is 25.3 Å². The van der Waals surface area contributed by atoms with E-state index in [-0.39, 0.29) is 5.91 Å². The molecule has 4 nitrogen and oxygen atoms in total. The molecular formula is C16H25N3O. The molecule has 0 aromatic heterocycles. The zero-order valence-electron chi connectivity index (χ0n) is 12.7.